The summed E-state index contributed by atoms with van der Waals surface area (Å²) in [5, 5.41) is 4.44. The molecule has 5 heteroatoms. The van der Waals surface area contributed by atoms with Crippen LogP contribution in [0.4, 0.5) is 11.4 Å². The molecule has 1 atom stereocenters. The largest absolute Gasteiger partial charge is 0.331 e. The number of nitrogens with zero attached hydrogens (tertiary/aromatic N) is 1. The van der Waals surface area contributed by atoms with Gasteiger partial charge in [-0.2, -0.15) is 0 Å². The van der Waals surface area contributed by atoms with Gasteiger partial charge in [0.25, 0.3) is 0 Å². The van der Waals surface area contributed by atoms with Gasteiger partial charge >= 0.3 is 0 Å². The van der Waals surface area contributed by atoms with Gasteiger partial charge in [-0.15, -0.1) is 0 Å². The number of thiocarbonyl (C=S) groups is 1. The molecule has 1 aliphatic heterocycles. The number of benzene rings is 2. The van der Waals surface area contributed by atoms with Crippen molar-refractivity contribution < 1.29 is 4.57 Å². The monoisotopic (exact) mass is 288 g/mol. The van der Waals surface area contributed by atoms with Gasteiger partial charge in [-0.05, 0) is 36.5 Å². The molecule has 0 fully saturated rings. The van der Waals surface area contributed by atoms with Crippen molar-refractivity contribution in [3.05, 3.63) is 54.6 Å². The maximum absolute atomic E-state index is 13.2. The zero-order chi connectivity index (χ0) is 13.5. The number of rotatable bonds is 1. The van der Waals surface area contributed by atoms with Crippen LogP contribution in [0.25, 0.3) is 0 Å². The molecule has 0 bridgehead atoms. The minimum atomic E-state index is -2.74. The fourth-order valence-corrected chi connectivity index (χ4v) is 5.11. The highest BCUT2D eigenvalue weighted by molar-refractivity contribution is 7.84. The summed E-state index contributed by atoms with van der Waals surface area (Å²) in [7, 11) is -2.74. The van der Waals surface area contributed by atoms with Gasteiger partial charge in [-0.25, -0.2) is 0 Å². The second-order valence-corrected chi connectivity index (χ2v) is 7.50. The van der Waals surface area contributed by atoms with E-state index in [1.165, 1.54) is 0 Å². The van der Waals surface area contributed by atoms with Crippen molar-refractivity contribution in [2.75, 3.05) is 16.7 Å². The Morgan fingerprint density at radius 3 is 2.42 bits per heavy atom. The zero-order valence-corrected chi connectivity index (χ0v) is 12.1. The summed E-state index contributed by atoms with van der Waals surface area (Å²) in [4.78, 5) is 0. The number of hydrogen-bond acceptors (Lipinski definition) is 2. The number of para-hydroxylation sites is 2. The molecule has 0 radical (unpaired) electrons. The van der Waals surface area contributed by atoms with Crippen molar-refractivity contribution in [3.63, 3.8) is 0 Å². The number of hydrogen-bond donors (Lipinski definition) is 1. The average Bonchev–Trinajstić information content (AvgIpc) is 2.39. The summed E-state index contributed by atoms with van der Waals surface area (Å²) in [6, 6.07) is 17.2. The van der Waals surface area contributed by atoms with Crippen LogP contribution in [0.15, 0.2) is 54.6 Å². The lowest BCUT2D eigenvalue weighted by Crippen LogP contribution is -2.41. The molecule has 2 aromatic carbocycles. The minimum absolute atomic E-state index is 0.482. The molecule has 0 aromatic heterocycles. The van der Waals surface area contributed by atoms with Gasteiger partial charge in [0.2, 0.25) is 7.29 Å². The molecule has 96 valence electrons. The third-order valence-corrected chi connectivity index (χ3v) is 6.07. The van der Waals surface area contributed by atoms with E-state index in [2.05, 4.69) is 5.32 Å². The lowest BCUT2D eigenvalue weighted by molar-refractivity contribution is 0.585. The fourth-order valence-electron chi connectivity index (χ4n) is 2.30. The predicted octanol–water partition coefficient (Wildman–Crippen LogP) is 3.44. The van der Waals surface area contributed by atoms with E-state index in [1.54, 1.807) is 11.3 Å². The van der Waals surface area contributed by atoms with E-state index < -0.39 is 7.29 Å². The van der Waals surface area contributed by atoms with Crippen molar-refractivity contribution >= 4 is 41.3 Å². The Kier molecular flexibility index (Phi) is 2.92. The maximum atomic E-state index is 13.2. The van der Waals surface area contributed by atoms with Crippen LogP contribution in [0, 0.1) is 0 Å². The maximum Gasteiger partial charge on any atom is 0.206 e. The van der Waals surface area contributed by atoms with Gasteiger partial charge in [-0.1, -0.05) is 30.3 Å². The molecule has 19 heavy (non-hydrogen) atoms. The first-order valence-electron chi connectivity index (χ1n) is 5.94. The molecule has 3 nitrogen and oxygen atoms in total. The topological polar surface area (TPSA) is 32.3 Å². The highest BCUT2D eigenvalue weighted by atomic mass is 32.1. The quantitative estimate of drug-likeness (QED) is 0.643. The first-order valence-corrected chi connectivity index (χ1v) is 8.46. The summed E-state index contributed by atoms with van der Waals surface area (Å²) < 4.78 is 14.9. The molecule has 1 unspecified atom stereocenters. The summed E-state index contributed by atoms with van der Waals surface area (Å²) in [5.74, 6) is 0. The standard InChI is InChI=1S/C14H13N2OPS/c1-18(17)13-10-6-5-9-12(13)15-14(19)16(18)11-7-3-2-4-8-11/h2-10H,1H3,(H,15,19). The van der Waals surface area contributed by atoms with Crippen LogP contribution < -0.4 is 15.3 Å². The summed E-state index contributed by atoms with van der Waals surface area (Å²) in [5.41, 5.74) is 1.69. The van der Waals surface area contributed by atoms with E-state index in [0.717, 1.165) is 16.7 Å². The SMILES string of the molecule is CP1(=O)c2ccccc2NC(=S)N1c1ccccc1. The Hall–Kier alpha value is -1.64. The Bertz CT molecular complexity index is 687. The Labute approximate surface area is 117 Å². The van der Waals surface area contributed by atoms with Crippen LogP contribution in [0.3, 0.4) is 0 Å². The predicted molar refractivity (Wildman–Crippen MR) is 84.7 cm³/mol. The Morgan fingerprint density at radius 2 is 1.68 bits per heavy atom. The summed E-state index contributed by atoms with van der Waals surface area (Å²) in [6.07, 6.45) is 0. The van der Waals surface area contributed by atoms with Crippen LogP contribution >= 0.6 is 19.5 Å². The minimum Gasteiger partial charge on any atom is -0.331 e. The van der Waals surface area contributed by atoms with Crippen molar-refractivity contribution in [3.8, 4) is 0 Å². The molecular weight excluding hydrogens is 275 g/mol. The average molecular weight is 288 g/mol. The van der Waals surface area contributed by atoms with Crippen LogP contribution in [0.2, 0.25) is 0 Å². The first-order chi connectivity index (χ1) is 9.10. The smallest absolute Gasteiger partial charge is 0.206 e. The molecule has 0 saturated carbocycles. The molecule has 0 saturated heterocycles. The van der Waals surface area contributed by atoms with Crippen LogP contribution in [0.1, 0.15) is 0 Å². The van der Waals surface area contributed by atoms with Gasteiger partial charge in [0.1, 0.15) is 0 Å². The molecule has 0 amide bonds. The van der Waals surface area contributed by atoms with E-state index >= 15 is 0 Å². The molecule has 1 aliphatic rings. The number of anilines is 2. The van der Waals surface area contributed by atoms with Gasteiger partial charge in [-0.3, -0.25) is 9.24 Å². The molecule has 1 N–H and O–H groups in total. The normalized spacial score (nSPS) is 21.7. The van der Waals surface area contributed by atoms with Crippen molar-refractivity contribution in [2.24, 2.45) is 0 Å². The molecule has 3 rings (SSSR count). The third-order valence-electron chi connectivity index (χ3n) is 3.17. The van der Waals surface area contributed by atoms with Gasteiger partial charge < -0.3 is 5.32 Å². The van der Waals surface area contributed by atoms with E-state index in [-0.39, 0.29) is 0 Å². The van der Waals surface area contributed by atoms with Gasteiger partial charge in [0.15, 0.2) is 5.11 Å². The molecule has 0 aliphatic carbocycles. The van der Waals surface area contributed by atoms with Crippen LogP contribution in [-0.2, 0) is 4.57 Å². The first kappa shape index (κ1) is 12.4. The number of fused-ring (bicyclic) bond motifs is 1. The van der Waals surface area contributed by atoms with E-state index in [0.29, 0.717) is 5.11 Å². The number of nitrogens with one attached hydrogen (secondary N) is 1. The molecule has 1 heterocycles. The second kappa shape index (κ2) is 4.48. The Balaban J connectivity index is 2.18. The van der Waals surface area contributed by atoms with Crippen molar-refractivity contribution in [2.45, 2.75) is 0 Å². The zero-order valence-electron chi connectivity index (χ0n) is 10.4. The van der Waals surface area contributed by atoms with E-state index in [1.807, 2.05) is 54.6 Å². The Morgan fingerprint density at radius 1 is 1.05 bits per heavy atom. The lowest BCUT2D eigenvalue weighted by atomic mass is 10.3. The van der Waals surface area contributed by atoms with E-state index in [9.17, 15) is 4.57 Å². The van der Waals surface area contributed by atoms with Gasteiger partial charge in [0, 0.05) is 6.66 Å². The molecular formula is C14H13N2OPS. The third kappa shape index (κ3) is 1.97. The van der Waals surface area contributed by atoms with E-state index in [4.69, 9.17) is 12.2 Å². The highest BCUT2D eigenvalue weighted by Gasteiger charge is 2.36. The summed E-state index contributed by atoms with van der Waals surface area (Å²) in [6.45, 7) is 1.76. The highest BCUT2D eigenvalue weighted by Crippen LogP contribution is 2.51. The second-order valence-electron chi connectivity index (χ2n) is 4.47. The van der Waals surface area contributed by atoms with Crippen molar-refractivity contribution in [1.29, 1.82) is 0 Å². The lowest BCUT2D eigenvalue weighted by Gasteiger charge is -2.37. The van der Waals surface area contributed by atoms with Gasteiger partial charge in [0.05, 0.1) is 16.7 Å². The fraction of sp³-hybridized carbons (Fsp3) is 0.0714. The summed E-state index contributed by atoms with van der Waals surface area (Å²) >= 11 is 5.38. The molecule has 0 spiro atoms. The van der Waals surface area contributed by atoms with Crippen LogP contribution in [0.5, 0.6) is 0 Å². The van der Waals surface area contributed by atoms with Crippen LogP contribution in [-0.4, -0.2) is 11.8 Å². The van der Waals surface area contributed by atoms with Crippen molar-refractivity contribution in [1.82, 2.24) is 0 Å². The molecule has 2 aromatic rings.